The normalized spacial score (nSPS) is 12.4. The van der Waals surface area contributed by atoms with Crippen molar-refractivity contribution in [3.05, 3.63) is 97.1 Å². The molecule has 0 saturated heterocycles. The van der Waals surface area contributed by atoms with Crippen LogP contribution in [0.1, 0.15) is 27.7 Å². The molecule has 0 fully saturated rings. The molecule has 0 saturated carbocycles. The number of benzene rings is 4. The first-order valence-electron chi connectivity index (χ1n) is 13.3. The SMILES string of the molecule is C=C(C)C(=O)OC(C)COc1c2ccccc2c(OCC(C)OC(=O)C(=C)C)c2cc(Sc3ccccc3)ccc12. The summed E-state index contributed by atoms with van der Waals surface area (Å²) in [5.41, 5.74) is 0.667. The zero-order chi connectivity index (χ0) is 29.5. The van der Waals surface area contributed by atoms with Gasteiger partial charge in [0.15, 0.2) is 0 Å². The van der Waals surface area contributed by atoms with Crippen LogP contribution >= 0.6 is 11.8 Å². The van der Waals surface area contributed by atoms with Crippen LogP contribution in [0.25, 0.3) is 21.5 Å². The molecular weight excluding hydrogens is 536 g/mol. The minimum atomic E-state index is -0.491. The number of hydrogen-bond donors (Lipinski definition) is 0. The van der Waals surface area contributed by atoms with Crippen molar-refractivity contribution in [2.75, 3.05) is 13.2 Å². The van der Waals surface area contributed by atoms with Crippen LogP contribution in [0.4, 0.5) is 0 Å². The van der Waals surface area contributed by atoms with Gasteiger partial charge >= 0.3 is 11.9 Å². The lowest BCUT2D eigenvalue weighted by Gasteiger charge is -2.21. The highest BCUT2D eigenvalue weighted by Crippen LogP contribution is 2.44. The van der Waals surface area contributed by atoms with E-state index >= 15 is 0 Å². The molecule has 212 valence electrons. The predicted octanol–water partition coefficient (Wildman–Crippen LogP) is 7.92. The van der Waals surface area contributed by atoms with Gasteiger partial charge in [0.05, 0.1) is 0 Å². The van der Waals surface area contributed by atoms with Crippen LogP contribution in [-0.2, 0) is 19.1 Å². The number of fused-ring (bicyclic) bond motifs is 2. The van der Waals surface area contributed by atoms with Crippen molar-refractivity contribution in [2.24, 2.45) is 0 Å². The molecule has 41 heavy (non-hydrogen) atoms. The second-order valence-corrected chi connectivity index (χ2v) is 11.1. The molecule has 7 heteroatoms. The molecule has 4 aromatic carbocycles. The summed E-state index contributed by atoms with van der Waals surface area (Å²) >= 11 is 1.64. The fourth-order valence-corrected chi connectivity index (χ4v) is 4.99. The van der Waals surface area contributed by atoms with Crippen LogP contribution in [0.5, 0.6) is 11.5 Å². The third kappa shape index (κ3) is 7.50. The topological polar surface area (TPSA) is 71.1 Å². The van der Waals surface area contributed by atoms with Crippen molar-refractivity contribution in [2.45, 2.75) is 49.7 Å². The van der Waals surface area contributed by atoms with E-state index in [1.807, 2.05) is 54.6 Å². The number of hydrogen-bond acceptors (Lipinski definition) is 7. The van der Waals surface area contributed by atoms with Crippen molar-refractivity contribution in [1.29, 1.82) is 0 Å². The molecule has 0 amide bonds. The van der Waals surface area contributed by atoms with Gasteiger partial charge in [-0.25, -0.2) is 9.59 Å². The maximum Gasteiger partial charge on any atom is 0.333 e. The van der Waals surface area contributed by atoms with Crippen molar-refractivity contribution >= 4 is 45.2 Å². The molecule has 2 unspecified atom stereocenters. The minimum absolute atomic E-state index is 0.155. The fourth-order valence-electron chi connectivity index (χ4n) is 4.11. The molecule has 4 aromatic rings. The molecule has 0 aliphatic rings. The molecule has 6 nitrogen and oxygen atoms in total. The summed E-state index contributed by atoms with van der Waals surface area (Å²) in [6.45, 7) is 14.4. The Morgan fingerprint density at radius 3 is 1.63 bits per heavy atom. The van der Waals surface area contributed by atoms with Gasteiger partial charge in [0.25, 0.3) is 0 Å². The highest BCUT2D eigenvalue weighted by molar-refractivity contribution is 7.99. The van der Waals surface area contributed by atoms with Gasteiger partial charge in [0, 0.05) is 42.5 Å². The van der Waals surface area contributed by atoms with E-state index < -0.39 is 24.1 Å². The van der Waals surface area contributed by atoms with Gasteiger partial charge in [-0.2, -0.15) is 0 Å². The van der Waals surface area contributed by atoms with E-state index in [9.17, 15) is 9.59 Å². The average Bonchev–Trinajstić information content (AvgIpc) is 2.95. The van der Waals surface area contributed by atoms with Gasteiger partial charge in [0.2, 0.25) is 0 Å². The second-order valence-electron chi connectivity index (χ2n) is 9.94. The lowest BCUT2D eigenvalue weighted by Crippen LogP contribution is -2.23. The molecule has 0 aliphatic carbocycles. The predicted molar refractivity (Wildman–Crippen MR) is 164 cm³/mol. The van der Waals surface area contributed by atoms with Gasteiger partial charge in [-0.1, -0.05) is 67.4 Å². The number of ether oxygens (including phenoxy) is 4. The first kappa shape index (κ1) is 29.7. The Labute approximate surface area is 244 Å². The summed E-state index contributed by atoms with van der Waals surface area (Å²) in [5, 5.41) is 3.40. The summed E-state index contributed by atoms with van der Waals surface area (Å²) in [4.78, 5) is 26.2. The van der Waals surface area contributed by atoms with E-state index in [1.165, 1.54) is 0 Å². The Morgan fingerprint density at radius 1 is 0.659 bits per heavy atom. The molecule has 0 spiro atoms. The average molecular weight is 571 g/mol. The Kier molecular flexibility index (Phi) is 9.73. The molecule has 0 aromatic heterocycles. The number of esters is 2. The number of rotatable bonds is 12. The monoisotopic (exact) mass is 570 g/mol. The molecule has 0 N–H and O–H groups in total. The van der Waals surface area contributed by atoms with Crippen molar-refractivity contribution in [1.82, 2.24) is 0 Å². The lowest BCUT2D eigenvalue weighted by atomic mass is 10.0. The Balaban J connectivity index is 1.76. The second kappa shape index (κ2) is 13.4. The van der Waals surface area contributed by atoms with E-state index in [2.05, 4.69) is 31.4 Å². The quantitative estimate of drug-likeness (QED) is 0.0973. The molecular formula is C34H34O6S. The van der Waals surface area contributed by atoms with Crippen molar-refractivity contribution in [3.8, 4) is 11.5 Å². The summed E-state index contributed by atoms with van der Waals surface area (Å²) in [6, 6.07) is 24.1. The summed E-state index contributed by atoms with van der Waals surface area (Å²) in [6.07, 6.45) is -0.977. The zero-order valence-electron chi connectivity index (χ0n) is 23.8. The van der Waals surface area contributed by atoms with Crippen LogP contribution < -0.4 is 9.47 Å². The van der Waals surface area contributed by atoms with E-state index in [0.717, 1.165) is 31.3 Å². The van der Waals surface area contributed by atoms with Crippen LogP contribution in [0.2, 0.25) is 0 Å². The molecule has 0 bridgehead atoms. The van der Waals surface area contributed by atoms with Gasteiger partial charge in [-0.3, -0.25) is 0 Å². The van der Waals surface area contributed by atoms with Gasteiger partial charge in [-0.05, 0) is 58.0 Å². The number of carbonyl (C=O) groups excluding carboxylic acids is 2. The van der Waals surface area contributed by atoms with Crippen LogP contribution in [0.15, 0.2) is 107 Å². The Bertz CT molecular complexity index is 1590. The van der Waals surface area contributed by atoms with Crippen LogP contribution in [0.3, 0.4) is 0 Å². The maximum atomic E-state index is 12.1. The Morgan fingerprint density at radius 2 is 1.12 bits per heavy atom. The maximum absolute atomic E-state index is 12.1. The molecule has 0 heterocycles. The first-order valence-corrected chi connectivity index (χ1v) is 14.2. The first-order chi connectivity index (χ1) is 19.6. The lowest BCUT2D eigenvalue weighted by molar-refractivity contribution is -0.145. The van der Waals surface area contributed by atoms with Crippen LogP contribution in [0, 0.1) is 0 Å². The van der Waals surface area contributed by atoms with Crippen molar-refractivity contribution in [3.63, 3.8) is 0 Å². The molecule has 2 atom stereocenters. The fraction of sp³-hybridized carbons (Fsp3) is 0.235. The van der Waals surface area contributed by atoms with Crippen molar-refractivity contribution < 1.29 is 28.5 Å². The zero-order valence-corrected chi connectivity index (χ0v) is 24.6. The standard InChI is InChI=1S/C34H34O6S/c1-21(2)33(35)39-23(5)19-37-31-27-14-10-11-15-28(27)32(38-20-24(6)40-34(36)22(3)4)30-18-26(16-17-29(30)31)41-25-12-8-7-9-13-25/h7-18,23-24H,1,3,19-20H2,2,4-6H3. The highest BCUT2D eigenvalue weighted by atomic mass is 32.2. The Hall–Kier alpha value is -4.23. The third-order valence-corrected chi connectivity index (χ3v) is 7.11. The third-order valence-electron chi connectivity index (χ3n) is 6.11. The van der Waals surface area contributed by atoms with Crippen LogP contribution in [-0.4, -0.2) is 37.4 Å². The van der Waals surface area contributed by atoms with E-state index in [1.54, 1.807) is 39.5 Å². The van der Waals surface area contributed by atoms with E-state index in [-0.39, 0.29) is 13.2 Å². The molecule has 0 aliphatic heterocycles. The number of carbonyl (C=O) groups is 2. The highest BCUT2D eigenvalue weighted by Gasteiger charge is 2.20. The molecule has 0 radical (unpaired) electrons. The molecule has 4 rings (SSSR count). The minimum Gasteiger partial charge on any atom is -0.488 e. The van der Waals surface area contributed by atoms with Gasteiger partial charge in [0.1, 0.15) is 36.9 Å². The largest absolute Gasteiger partial charge is 0.488 e. The smallest absolute Gasteiger partial charge is 0.333 e. The van der Waals surface area contributed by atoms with Gasteiger partial charge < -0.3 is 18.9 Å². The van der Waals surface area contributed by atoms with E-state index in [4.69, 9.17) is 18.9 Å². The summed E-state index contributed by atoms with van der Waals surface area (Å²) in [5.74, 6) is 0.420. The van der Waals surface area contributed by atoms with Gasteiger partial charge in [-0.15, -0.1) is 0 Å². The van der Waals surface area contributed by atoms with E-state index in [0.29, 0.717) is 22.6 Å². The summed E-state index contributed by atoms with van der Waals surface area (Å²) < 4.78 is 23.6. The summed E-state index contributed by atoms with van der Waals surface area (Å²) in [7, 11) is 0.